The molecule has 2 aliphatic heterocycles. The Bertz CT molecular complexity index is 313. The van der Waals surface area contributed by atoms with Crippen molar-refractivity contribution in [1.29, 1.82) is 0 Å². The number of rotatable bonds is 4. The molecule has 116 valence electrons. The van der Waals surface area contributed by atoms with E-state index in [1.165, 1.54) is 19.3 Å². The molecule has 20 heavy (non-hydrogen) atoms. The second-order valence-electron chi connectivity index (χ2n) is 6.87. The number of nitrogens with one attached hydrogen (secondary N) is 2. The Hall–Kier alpha value is -0.610. The number of carbonyl (C=O) groups excluding carboxylic acids is 1. The highest BCUT2D eigenvalue weighted by Crippen LogP contribution is 2.18. The summed E-state index contributed by atoms with van der Waals surface area (Å²) in [6.45, 7) is 9.72. The van der Waals surface area contributed by atoms with Crippen LogP contribution in [0.25, 0.3) is 0 Å². The maximum Gasteiger partial charge on any atom is 0.237 e. The van der Waals surface area contributed by atoms with Crippen LogP contribution in [0.1, 0.15) is 52.9 Å². The summed E-state index contributed by atoms with van der Waals surface area (Å²) in [7, 11) is 0. The molecule has 0 bridgehead atoms. The zero-order chi connectivity index (χ0) is 14.5. The molecule has 0 radical (unpaired) electrons. The summed E-state index contributed by atoms with van der Waals surface area (Å²) < 4.78 is 0. The van der Waals surface area contributed by atoms with Gasteiger partial charge in [0.15, 0.2) is 0 Å². The van der Waals surface area contributed by atoms with Crippen LogP contribution < -0.4 is 10.6 Å². The molecule has 3 atom stereocenters. The van der Waals surface area contributed by atoms with Crippen molar-refractivity contribution in [3.63, 3.8) is 0 Å². The monoisotopic (exact) mass is 281 g/mol. The minimum absolute atomic E-state index is 0.0560. The van der Waals surface area contributed by atoms with E-state index in [0.717, 1.165) is 32.5 Å². The van der Waals surface area contributed by atoms with Gasteiger partial charge in [0.1, 0.15) is 0 Å². The molecule has 4 nitrogen and oxygen atoms in total. The van der Waals surface area contributed by atoms with E-state index < -0.39 is 0 Å². The largest absolute Gasteiger partial charge is 0.352 e. The number of amides is 1. The highest BCUT2D eigenvalue weighted by atomic mass is 16.2. The summed E-state index contributed by atoms with van der Waals surface area (Å²) in [4.78, 5) is 15.1. The van der Waals surface area contributed by atoms with Crippen LogP contribution in [-0.2, 0) is 4.79 Å². The molecule has 0 spiro atoms. The molecule has 2 aliphatic rings. The molecule has 2 fully saturated rings. The molecule has 1 amide bonds. The highest BCUT2D eigenvalue weighted by molar-refractivity contribution is 5.82. The molecule has 0 aliphatic carbocycles. The molecule has 0 aromatic heterocycles. The lowest BCUT2D eigenvalue weighted by molar-refractivity contribution is -0.129. The van der Waals surface area contributed by atoms with Crippen molar-refractivity contribution in [3.8, 4) is 0 Å². The van der Waals surface area contributed by atoms with Gasteiger partial charge in [0.05, 0.1) is 6.04 Å². The van der Waals surface area contributed by atoms with E-state index in [4.69, 9.17) is 0 Å². The van der Waals surface area contributed by atoms with E-state index >= 15 is 0 Å². The SMILES string of the molecule is CC1CC(NC(=O)C(C(C)C)N2CCCCC2)CCN1. The third-order valence-corrected chi connectivity index (χ3v) is 4.65. The van der Waals surface area contributed by atoms with Gasteiger partial charge in [0.25, 0.3) is 0 Å². The van der Waals surface area contributed by atoms with Crippen LogP contribution in [0.15, 0.2) is 0 Å². The quantitative estimate of drug-likeness (QED) is 0.825. The number of hydrogen-bond acceptors (Lipinski definition) is 3. The molecular weight excluding hydrogens is 250 g/mol. The van der Waals surface area contributed by atoms with Gasteiger partial charge in [-0.05, 0) is 58.2 Å². The number of carbonyl (C=O) groups is 1. The molecule has 0 aromatic carbocycles. The van der Waals surface area contributed by atoms with Crippen LogP contribution in [0, 0.1) is 5.92 Å². The van der Waals surface area contributed by atoms with Crippen LogP contribution in [0.4, 0.5) is 0 Å². The summed E-state index contributed by atoms with van der Waals surface area (Å²) in [5, 5.41) is 6.75. The third-order valence-electron chi connectivity index (χ3n) is 4.65. The normalized spacial score (nSPS) is 30.2. The fourth-order valence-electron chi connectivity index (χ4n) is 3.64. The van der Waals surface area contributed by atoms with Gasteiger partial charge in [-0.15, -0.1) is 0 Å². The predicted octanol–water partition coefficient (Wildman–Crippen LogP) is 1.75. The standard InChI is InChI=1S/C16H31N3O/c1-12(2)15(19-9-5-4-6-10-19)16(20)18-14-7-8-17-13(3)11-14/h12-15,17H,4-11H2,1-3H3,(H,18,20). The zero-order valence-electron chi connectivity index (χ0n) is 13.3. The van der Waals surface area contributed by atoms with Crippen molar-refractivity contribution in [2.24, 2.45) is 5.92 Å². The first kappa shape index (κ1) is 15.8. The summed E-state index contributed by atoms with van der Waals surface area (Å²) in [6, 6.07) is 0.923. The fraction of sp³-hybridized carbons (Fsp3) is 0.938. The average Bonchev–Trinajstić information content (AvgIpc) is 2.39. The average molecular weight is 281 g/mol. The Labute approximate surface area is 123 Å². The smallest absolute Gasteiger partial charge is 0.237 e. The van der Waals surface area contributed by atoms with Crippen molar-refractivity contribution < 1.29 is 4.79 Å². The van der Waals surface area contributed by atoms with Gasteiger partial charge in [-0.1, -0.05) is 20.3 Å². The topological polar surface area (TPSA) is 44.4 Å². The maximum absolute atomic E-state index is 12.7. The Balaban J connectivity index is 1.92. The molecule has 0 aromatic rings. The minimum Gasteiger partial charge on any atom is -0.352 e. The van der Waals surface area contributed by atoms with Crippen LogP contribution in [0.2, 0.25) is 0 Å². The van der Waals surface area contributed by atoms with Crippen molar-refractivity contribution in [3.05, 3.63) is 0 Å². The molecular formula is C16H31N3O. The number of hydrogen-bond donors (Lipinski definition) is 2. The van der Waals surface area contributed by atoms with E-state index in [1.807, 2.05) is 0 Å². The molecule has 2 saturated heterocycles. The fourth-order valence-corrected chi connectivity index (χ4v) is 3.64. The highest BCUT2D eigenvalue weighted by Gasteiger charge is 2.31. The maximum atomic E-state index is 12.7. The number of likely N-dealkylation sites (tertiary alicyclic amines) is 1. The minimum atomic E-state index is 0.0560. The Morgan fingerprint density at radius 3 is 2.55 bits per heavy atom. The Morgan fingerprint density at radius 1 is 1.25 bits per heavy atom. The summed E-state index contributed by atoms with van der Waals surface area (Å²) in [6.07, 6.45) is 5.90. The van der Waals surface area contributed by atoms with Crippen molar-refractivity contribution >= 4 is 5.91 Å². The van der Waals surface area contributed by atoms with Gasteiger partial charge in [-0.25, -0.2) is 0 Å². The summed E-state index contributed by atoms with van der Waals surface area (Å²) in [5.41, 5.74) is 0. The van der Waals surface area contributed by atoms with Crippen molar-refractivity contribution in [2.45, 2.75) is 71.0 Å². The lowest BCUT2D eigenvalue weighted by Gasteiger charge is -2.37. The van der Waals surface area contributed by atoms with E-state index in [1.54, 1.807) is 0 Å². The van der Waals surface area contributed by atoms with E-state index in [0.29, 0.717) is 18.0 Å². The summed E-state index contributed by atoms with van der Waals surface area (Å²) >= 11 is 0. The van der Waals surface area contributed by atoms with E-state index in [9.17, 15) is 4.79 Å². The molecule has 2 rings (SSSR count). The van der Waals surface area contributed by atoms with Gasteiger partial charge in [0.2, 0.25) is 5.91 Å². The van der Waals surface area contributed by atoms with E-state index in [2.05, 4.69) is 36.3 Å². The Kier molecular flexibility index (Phi) is 5.85. The predicted molar refractivity (Wildman–Crippen MR) is 82.7 cm³/mol. The second kappa shape index (κ2) is 7.41. The van der Waals surface area contributed by atoms with Crippen LogP contribution in [-0.4, -0.2) is 48.6 Å². The molecule has 2 N–H and O–H groups in total. The van der Waals surface area contributed by atoms with E-state index in [-0.39, 0.29) is 11.9 Å². The second-order valence-corrected chi connectivity index (χ2v) is 6.87. The number of nitrogens with zero attached hydrogens (tertiary/aromatic N) is 1. The van der Waals surface area contributed by atoms with Crippen molar-refractivity contribution in [1.82, 2.24) is 15.5 Å². The third kappa shape index (κ3) is 4.19. The van der Waals surface area contributed by atoms with Gasteiger partial charge < -0.3 is 10.6 Å². The van der Waals surface area contributed by atoms with Gasteiger partial charge >= 0.3 is 0 Å². The summed E-state index contributed by atoms with van der Waals surface area (Å²) in [5.74, 6) is 0.633. The molecule has 2 heterocycles. The van der Waals surface area contributed by atoms with Gasteiger partial charge in [-0.3, -0.25) is 9.69 Å². The lowest BCUT2D eigenvalue weighted by Crippen LogP contribution is -2.55. The van der Waals surface area contributed by atoms with Gasteiger partial charge in [-0.2, -0.15) is 0 Å². The first-order chi connectivity index (χ1) is 9.58. The zero-order valence-corrected chi connectivity index (χ0v) is 13.3. The van der Waals surface area contributed by atoms with Gasteiger partial charge in [0, 0.05) is 12.1 Å². The van der Waals surface area contributed by atoms with Crippen LogP contribution in [0.5, 0.6) is 0 Å². The first-order valence-corrected chi connectivity index (χ1v) is 8.35. The molecule has 4 heteroatoms. The number of piperidine rings is 2. The lowest BCUT2D eigenvalue weighted by atomic mass is 9.96. The van der Waals surface area contributed by atoms with Crippen molar-refractivity contribution in [2.75, 3.05) is 19.6 Å². The first-order valence-electron chi connectivity index (χ1n) is 8.35. The van der Waals surface area contributed by atoms with Crippen LogP contribution in [0.3, 0.4) is 0 Å². The molecule has 3 unspecified atom stereocenters. The Morgan fingerprint density at radius 2 is 1.95 bits per heavy atom. The molecule has 0 saturated carbocycles. The van der Waals surface area contributed by atoms with Crippen LogP contribution >= 0.6 is 0 Å².